The monoisotopic (exact) mass is 478 g/mol. The molecule has 0 bridgehead atoms. The lowest BCUT2D eigenvalue weighted by Gasteiger charge is -2.22. The average Bonchev–Trinajstić information content (AvgIpc) is 2.68. The molecule has 0 unspecified atom stereocenters. The van der Waals surface area contributed by atoms with Gasteiger partial charge in [-0.25, -0.2) is 4.79 Å². The van der Waals surface area contributed by atoms with Gasteiger partial charge in [0.1, 0.15) is 5.75 Å². The smallest absolute Gasteiger partial charge is 0.339 e. The highest BCUT2D eigenvalue weighted by atomic mass is 127. The van der Waals surface area contributed by atoms with E-state index in [-0.39, 0.29) is 13.0 Å². The fourth-order valence-corrected chi connectivity index (χ4v) is 2.97. The molecule has 0 atom stereocenters. The Morgan fingerprint density at radius 2 is 1.85 bits per heavy atom. The number of rotatable bonds is 8. The number of hydrogen-bond donors (Lipinski definition) is 0. The third-order valence-electron chi connectivity index (χ3n) is 3.63. The molecule has 27 heavy (non-hydrogen) atoms. The van der Waals surface area contributed by atoms with E-state index in [4.69, 9.17) is 14.7 Å². The summed E-state index contributed by atoms with van der Waals surface area (Å²) in [6, 6.07) is 16.0. The van der Waals surface area contributed by atoms with Crippen LogP contribution in [0, 0.1) is 14.9 Å². The molecular formula is C20H19IN2O4. The summed E-state index contributed by atoms with van der Waals surface area (Å²) in [5, 5.41) is 8.86. The third kappa shape index (κ3) is 5.96. The SMILES string of the molecule is CCOc1ccc(N(CCC#N)C(=O)COC(=O)c2ccccc2I)cc1. The van der Waals surface area contributed by atoms with Crippen LogP contribution in [0.25, 0.3) is 0 Å². The number of hydrogen-bond acceptors (Lipinski definition) is 5. The van der Waals surface area contributed by atoms with E-state index in [1.54, 1.807) is 42.5 Å². The van der Waals surface area contributed by atoms with E-state index >= 15 is 0 Å². The second kappa shape index (κ2) is 10.5. The van der Waals surface area contributed by atoms with Gasteiger partial charge in [-0.2, -0.15) is 5.26 Å². The van der Waals surface area contributed by atoms with Crippen LogP contribution >= 0.6 is 22.6 Å². The Morgan fingerprint density at radius 3 is 2.48 bits per heavy atom. The molecule has 0 N–H and O–H groups in total. The summed E-state index contributed by atoms with van der Waals surface area (Å²) in [5.74, 6) is -0.256. The number of nitrogens with zero attached hydrogens (tertiary/aromatic N) is 2. The van der Waals surface area contributed by atoms with Crippen LogP contribution in [0.5, 0.6) is 5.75 Å². The summed E-state index contributed by atoms with van der Waals surface area (Å²) in [5.41, 5.74) is 1.03. The number of amides is 1. The summed E-state index contributed by atoms with van der Waals surface area (Å²) in [6.07, 6.45) is 0.170. The molecule has 2 aromatic rings. The van der Waals surface area contributed by atoms with Gasteiger partial charge in [-0.3, -0.25) is 4.79 Å². The van der Waals surface area contributed by atoms with Gasteiger partial charge in [0, 0.05) is 15.8 Å². The first-order valence-corrected chi connectivity index (χ1v) is 9.46. The molecule has 0 aliphatic carbocycles. The van der Waals surface area contributed by atoms with Gasteiger partial charge in [0.15, 0.2) is 6.61 Å². The van der Waals surface area contributed by atoms with Crippen LogP contribution in [0.15, 0.2) is 48.5 Å². The molecule has 0 saturated carbocycles. The number of esters is 1. The summed E-state index contributed by atoms with van der Waals surface area (Å²) >= 11 is 2.04. The Morgan fingerprint density at radius 1 is 1.15 bits per heavy atom. The Labute approximate surface area is 171 Å². The minimum atomic E-state index is -0.555. The first-order valence-electron chi connectivity index (χ1n) is 8.38. The van der Waals surface area contributed by atoms with E-state index in [9.17, 15) is 9.59 Å². The predicted octanol–water partition coefficient (Wildman–Crippen LogP) is 3.79. The molecule has 7 heteroatoms. The maximum atomic E-state index is 12.6. The molecule has 0 radical (unpaired) electrons. The lowest BCUT2D eigenvalue weighted by molar-refractivity contribution is -0.121. The quantitative estimate of drug-likeness (QED) is 0.426. The van der Waals surface area contributed by atoms with Crippen LogP contribution in [0.4, 0.5) is 5.69 Å². The second-order valence-corrected chi connectivity index (χ2v) is 6.60. The molecule has 6 nitrogen and oxygen atoms in total. The number of halogens is 1. The van der Waals surface area contributed by atoms with Crippen molar-refractivity contribution in [3.05, 3.63) is 57.7 Å². The van der Waals surface area contributed by atoms with E-state index in [1.807, 2.05) is 41.7 Å². The number of carbonyl (C=O) groups is 2. The molecule has 0 aliphatic heterocycles. The van der Waals surface area contributed by atoms with E-state index < -0.39 is 18.5 Å². The van der Waals surface area contributed by atoms with Crippen molar-refractivity contribution < 1.29 is 19.1 Å². The van der Waals surface area contributed by atoms with E-state index in [2.05, 4.69) is 0 Å². The van der Waals surface area contributed by atoms with Crippen LogP contribution in [0.2, 0.25) is 0 Å². The third-order valence-corrected chi connectivity index (χ3v) is 4.57. The lowest BCUT2D eigenvalue weighted by Crippen LogP contribution is -2.35. The summed E-state index contributed by atoms with van der Waals surface area (Å²) in [7, 11) is 0. The number of ether oxygens (including phenoxy) is 2. The van der Waals surface area contributed by atoms with E-state index in [0.29, 0.717) is 23.6 Å². The summed E-state index contributed by atoms with van der Waals surface area (Å²) < 4.78 is 11.3. The standard InChI is InChI=1S/C20H19IN2O4/c1-2-26-16-10-8-15(9-11-16)23(13-5-12-22)19(24)14-27-20(25)17-6-3-4-7-18(17)21/h3-4,6-11H,2,5,13-14H2,1H3. The van der Waals surface area contributed by atoms with Gasteiger partial charge in [0.2, 0.25) is 0 Å². The number of nitriles is 1. The maximum absolute atomic E-state index is 12.6. The predicted molar refractivity (Wildman–Crippen MR) is 110 cm³/mol. The molecule has 0 aliphatic rings. The van der Waals surface area contributed by atoms with Crippen molar-refractivity contribution in [1.29, 1.82) is 5.26 Å². The van der Waals surface area contributed by atoms with Crippen molar-refractivity contribution in [2.24, 2.45) is 0 Å². The van der Waals surface area contributed by atoms with Gasteiger partial charge >= 0.3 is 5.97 Å². The molecule has 2 aromatic carbocycles. The van der Waals surface area contributed by atoms with Gasteiger partial charge in [-0.15, -0.1) is 0 Å². The summed E-state index contributed by atoms with van der Waals surface area (Å²) in [6.45, 7) is 2.25. The highest BCUT2D eigenvalue weighted by Gasteiger charge is 2.19. The zero-order valence-corrected chi connectivity index (χ0v) is 17.0. The Hall–Kier alpha value is -2.60. The van der Waals surface area contributed by atoms with Crippen molar-refractivity contribution >= 4 is 40.2 Å². The topological polar surface area (TPSA) is 79.6 Å². The largest absolute Gasteiger partial charge is 0.494 e. The minimum Gasteiger partial charge on any atom is -0.494 e. The van der Waals surface area contributed by atoms with Crippen LogP contribution < -0.4 is 9.64 Å². The molecule has 1 amide bonds. The zero-order chi connectivity index (χ0) is 19.6. The molecule has 140 valence electrons. The fourth-order valence-electron chi connectivity index (χ4n) is 2.36. The minimum absolute atomic E-state index is 0.170. The number of benzene rings is 2. The van der Waals surface area contributed by atoms with Crippen LogP contribution in [0.1, 0.15) is 23.7 Å². The van der Waals surface area contributed by atoms with E-state index in [1.165, 1.54) is 4.90 Å². The van der Waals surface area contributed by atoms with Gasteiger partial charge in [0.05, 0.1) is 24.7 Å². The average molecular weight is 478 g/mol. The highest BCUT2D eigenvalue weighted by Crippen LogP contribution is 2.20. The van der Waals surface area contributed by atoms with E-state index in [0.717, 1.165) is 3.57 Å². The molecule has 0 aromatic heterocycles. The summed E-state index contributed by atoms with van der Waals surface area (Å²) in [4.78, 5) is 26.2. The number of carbonyl (C=O) groups excluding carboxylic acids is 2. The second-order valence-electron chi connectivity index (χ2n) is 5.44. The number of anilines is 1. The normalized spacial score (nSPS) is 9.96. The van der Waals surface area contributed by atoms with Gasteiger partial charge in [0.25, 0.3) is 5.91 Å². The van der Waals surface area contributed by atoms with Gasteiger partial charge in [-0.05, 0) is 65.9 Å². The Balaban J connectivity index is 2.07. The van der Waals surface area contributed by atoms with Crippen molar-refractivity contribution in [3.8, 4) is 11.8 Å². The molecule has 0 saturated heterocycles. The zero-order valence-electron chi connectivity index (χ0n) is 14.9. The lowest BCUT2D eigenvalue weighted by atomic mass is 10.2. The highest BCUT2D eigenvalue weighted by molar-refractivity contribution is 14.1. The van der Waals surface area contributed by atoms with Crippen molar-refractivity contribution in [3.63, 3.8) is 0 Å². The van der Waals surface area contributed by atoms with Crippen LogP contribution in [-0.4, -0.2) is 31.6 Å². The maximum Gasteiger partial charge on any atom is 0.339 e. The van der Waals surface area contributed by atoms with Crippen molar-refractivity contribution in [2.45, 2.75) is 13.3 Å². The first-order chi connectivity index (χ1) is 13.1. The van der Waals surface area contributed by atoms with Crippen molar-refractivity contribution in [2.75, 3.05) is 24.7 Å². The van der Waals surface area contributed by atoms with Gasteiger partial charge in [-0.1, -0.05) is 12.1 Å². The molecule has 2 rings (SSSR count). The molecule has 0 heterocycles. The van der Waals surface area contributed by atoms with Gasteiger partial charge < -0.3 is 14.4 Å². The Bertz CT molecular complexity index is 831. The first kappa shape index (κ1) is 20.7. The molecule has 0 spiro atoms. The van der Waals surface area contributed by atoms with Crippen molar-refractivity contribution in [1.82, 2.24) is 0 Å². The molecule has 0 fully saturated rings. The fraction of sp³-hybridized carbons (Fsp3) is 0.250. The molecular weight excluding hydrogens is 459 g/mol. The van der Waals surface area contributed by atoms with Crippen LogP contribution in [0.3, 0.4) is 0 Å². The van der Waals surface area contributed by atoms with Crippen LogP contribution in [-0.2, 0) is 9.53 Å². The Kier molecular flexibility index (Phi) is 8.07.